The number of methoxy groups -OCH3 is 1. The van der Waals surface area contributed by atoms with Crippen molar-refractivity contribution in [3.05, 3.63) is 29.8 Å². The van der Waals surface area contributed by atoms with Gasteiger partial charge in [-0.05, 0) is 31.9 Å². The van der Waals surface area contributed by atoms with Gasteiger partial charge in [-0.1, -0.05) is 18.2 Å². The van der Waals surface area contributed by atoms with Crippen LogP contribution in [0.1, 0.15) is 25.8 Å². The number of rotatable bonds is 7. The van der Waals surface area contributed by atoms with Crippen LogP contribution in [-0.4, -0.2) is 31.5 Å². The van der Waals surface area contributed by atoms with Crippen LogP contribution in [0.4, 0.5) is 0 Å². The van der Waals surface area contributed by atoms with Crippen LogP contribution in [0.2, 0.25) is 0 Å². The van der Waals surface area contributed by atoms with E-state index in [4.69, 9.17) is 4.74 Å². The zero-order valence-corrected chi connectivity index (χ0v) is 12.2. The van der Waals surface area contributed by atoms with Crippen LogP contribution >= 0.6 is 0 Å². The van der Waals surface area contributed by atoms with Crippen LogP contribution < -0.4 is 15.4 Å². The molecule has 0 fully saturated rings. The first-order valence-electron chi connectivity index (χ1n) is 6.77. The monoisotopic (exact) mass is 278 g/mol. The zero-order valence-electron chi connectivity index (χ0n) is 12.2. The average molecular weight is 278 g/mol. The smallest absolute Gasteiger partial charge is 0.242 e. The molecule has 0 unspecified atom stereocenters. The third kappa shape index (κ3) is 4.91. The van der Waals surface area contributed by atoms with E-state index in [1.807, 2.05) is 31.2 Å². The average Bonchev–Trinajstić information content (AvgIpc) is 2.45. The van der Waals surface area contributed by atoms with Crippen molar-refractivity contribution >= 4 is 11.8 Å². The number of hydrogen-bond acceptors (Lipinski definition) is 3. The van der Waals surface area contributed by atoms with Gasteiger partial charge in [0.05, 0.1) is 7.11 Å². The van der Waals surface area contributed by atoms with Crippen LogP contribution in [0.5, 0.6) is 5.75 Å². The van der Waals surface area contributed by atoms with Gasteiger partial charge in [-0.3, -0.25) is 9.59 Å². The SMILES string of the molecule is CCNC(=O)[C@H](C)NC(=O)CCc1ccccc1OC. The molecule has 0 heterocycles. The van der Waals surface area contributed by atoms with Crippen LogP contribution in [0, 0.1) is 0 Å². The fourth-order valence-electron chi connectivity index (χ4n) is 1.86. The third-order valence-electron chi connectivity index (χ3n) is 2.94. The summed E-state index contributed by atoms with van der Waals surface area (Å²) in [6.45, 7) is 4.07. The van der Waals surface area contributed by atoms with E-state index in [2.05, 4.69) is 10.6 Å². The molecule has 20 heavy (non-hydrogen) atoms. The molecular formula is C15H22N2O3. The van der Waals surface area contributed by atoms with E-state index in [-0.39, 0.29) is 11.8 Å². The molecule has 1 rings (SSSR count). The maximum Gasteiger partial charge on any atom is 0.242 e. The number of benzene rings is 1. The van der Waals surface area contributed by atoms with Gasteiger partial charge in [-0.25, -0.2) is 0 Å². The predicted molar refractivity (Wildman–Crippen MR) is 77.6 cm³/mol. The molecule has 0 bridgehead atoms. The number of para-hydroxylation sites is 1. The molecule has 5 heteroatoms. The van der Waals surface area contributed by atoms with Crippen LogP contribution in [0.25, 0.3) is 0 Å². The van der Waals surface area contributed by atoms with E-state index in [0.717, 1.165) is 11.3 Å². The molecule has 1 aromatic carbocycles. The van der Waals surface area contributed by atoms with Gasteiger partial charge in [-0.15, -0.1) is 0 Å². The van der Waals surface area contributed by atoms with E-state index in [0.29, 0.717) is 19.4 Å². The lowest BCUT2D eigenvalue weighted by atomic mass is 10.1. The summed E-state index contributed by atoms with van der Waals surface area (Å²) in [5, 5.41) is 5.35. The lowest BCUT2D eigenvalue weighted by Gasteiger charge is -2.13. The Morgan fingerprint density at radius 3 is 2.65 bits per heavy atom. The number of amides is 2. The van der Waals surface area contributed by atoms with Gasteiger partial charge in [0.2, 0.25) is 11.8 Å². The molecule has 0 aliphatic heterocycles. The largest absolute Gasteiger partial charge is 0.496 e. The molecule has 0 saturated carbocycles. The molecule has 5 nitrogen and oxygen atoms in total. The topological polar surface area (TPSA) is 67.4 Å². The van der Waals surface area contributed by atoms with E-state index in [1.54, 1.807) is 14.0 Å². The van der Waals surface area contributed by atoms with Gasteiger partial charge in [0, 0.05) is 13.0 Å². The second kappa shape index (κ2) is 8.19. The molecule has 2 amide bonds. The quantitative estimate of drug-likeness (QED) is 0.789. The number of ether oxygens (including phenoxy) is 1. The highest BCUT2D eigenvalue weighted by molar-refractivity contribution is 5.87. The number of nitrogens with one attached hydrogen (secondary N) is 2. The van der Waals surface area contributed by atoms with Crippen molar-refractivity contribution in [2.45, 2.75) is 32.7 Å². The van der Waals surface area contributed by atoms with E-state index in [9.17, 15) is 9.59 Å². The summed E-state index contributed by atoms with van der Waals surface area (Å²) in [6, 6.07) is 7.08. The summed E-state index contributed by atoms with van der Waals surface area (Å²) >= 11 is 0. The Kier molecular flexibility index (Phi) is 6.56. The van der Waals surface area contributed by atoms with Crippen molar-refractivity contribution in [1.82, 2.24) is 10.6 Å². The Bertz CT molecular complexity index is 460. The summed E-state index contributed by atoms with van der Waals surface area (Å²) in [6.07, 6.45) is 0.905. The predicted octanol–water partition coefficient (Wildman–Crippen LogP) is 1.27. The third-order valence-corrected chi connectivity index (χ3v) is 2.94. The number of hydrogen-bond donors (Lipinski definition) is 2. The summed E-state index contributed by atoms with van der Waals surface area (Å²) in [7, 11) is 1.61. The van der Waals surface area contributed by atoms with Crippen LogP contribution in [0.15, 0.2) is 24.3 Å². The van der Waals surface area contributed by atoms with Crippen molar-refractivity contribution in [3.8, 4) is 5.75 Å². The van der Waals surface area contributed by atoms with E-state index < -0.39 is 6.04 Å². The van der Waals surface area contributed by atoms with Crippen molar-refractivity contribution in [1.29, 1.82) is 0 Å². The summed E-state index contributed by atoms with van der Waals surface area (Å²) in [5.41, 5.74) is 0.982. The minimum absolute atomic E-state index is 0.144. The van der Waals surface area contributed by atoms with Crippen molar-refractivity contribution in [3.63, 3.8) is 0 Å². The first-order valence-corrected chi connectivity index (χ1v) is 6.77. The number of likely N-dealkylation sites (N-methyl/N-ethyl adjacent to an activating group) is 1. The Labute approximate surface area is 119 Å². The van der Waals surface area contributed by atoms with Crippen LogP contribution in [0.3, 0.4) is 0 Å². The molecular weight excluding hydrogens is 256 g/mol. The van der Waals surface area contributed by atoms with Gasteiger partial charge >= 0.3 is 0 Å². The maximum atomic E-state index is 11.8. The Morgan fingerprint density at radius 2 is 2.00 bits per heavy atom. The molecule has 0 aliphatic carbocycles. The summed E-state index contributed by atoms with van der Waals surface area (Å²) in [4.78, 5) is 23.3. The number of carbonyl (C=O) groups excluding carboxylic acids is 2. The standard InChI is InChI=1S/C15H22N2O3/c1-4-16-15(19)11(2)17-14(18)10-9-12-7-5-6-8-13(12)20-3/h5-8,11H,4,9-10H2,1-3H3,(H,16,19)(H,17,18)/t11-/m0/s1. The molecule has 1 aromatic rings. The second-order valence-corrected chi connectivity index (χ2v) is 4.50. The molecule has 0 aromatic heterocycles. The normalized spacial score (nSPS) is 11.6. The highest BCUT2D eigenvalue weighted by Crippen LogP contribution is 2.18. The molecule has 1 atom stereocenters. The van der Waals surface area contributed by atoms with Crippen molar-refractivity contribution < 1.29 is 14.3 Å². The highest BCUT2D eigenvalue weighted by atomic mass is 16.5. The van der Waals surface area contributed by atoms with Crippen molar-refractivity contribution in [2.24, 2.45) is 0 Å². The zero-order chi connectivity index (χ0) is 15.0. The van der Waals surface area contributed by atoms with E-state index >= 15 is 0 Å². The van der Waals surface area contributed by atoms with Crippen LogP contribution in [-0.2, 0) is 16.0 Å². The molecule has 0 spiro atoms. The van der Waals surface area contributed by atoms with E-state index in [1.165, 1.54) is 0 Å². The first kappa shape index (κ1) is 16.0. The second-order valence-electron chi connectivity index (χ2n) is 4.50. The Hall–Kier alpha value is -2.04. The molecule has 110 valence electrons. The Morgan fingerprint density at radius 1 is 1.30 bits per heavy atom. The van der Waals surface area contributed by atoms with Gasteiger partial charge in [-0.2, -0.15) is 0 Å². The van der Waals surface area contributed by atoms with Gasteiger partial charge in [0.1, 0.15) is 11.8 Å². The summed E-state index contributed by atoms with van der Waals surface area (Å²) in [5.74, 6) is 0.463. The molecule has 2 N–H and O–H groups in total. The molecule has 0 aliphatic rings. The lowest BCUT2D eigenvalue weighted by molar-refractivity contribution is -0.128. The van der Waals surface area contributed by atoms with Gasteiger partial charge in [0.15, 0.2) is 0 Å². The lowest BCUT2D eigenvalue weighted by Crippen LogP contribution is -2.44. The fourth-order valence-corrected chi connectivity index (χ4v) is 1.86. The van der Waals surface area contributed by atoms with Gasteiger partial charge < -0.3 is 15.4 Å². The fraction of sp³-hybridized carbons (Fsp3) is 0.467. The Balaban J connectivity index is 2.45. The highest BCUT2D eigenvalue weighted by Gasteiger charge is 2.14. The van der Waals surface area contributed by atoms with Crippen molar-refractivity contribution in [2.75, 3.05) is 13.7 Å². The minimum atomic E-state index is -0.514. The minimum Gasteiger partial charge on any atom is -0.496 e. The first-order chi connectivity index (χ1) is 9.58. The van der Waals surface area contributed by atoms with Gasteiger partial charge in [0.25, 0.3) is 0 Å². The summed E-state index contributed by atoms with van der Waals surface area (Å²) < 4.78 is 5.23. The molecule has 0 radical (unpaired) electrons. The molecule has 0 saturated heterocycles. The maximum absolute atomic E-state index is 11.8. The number of aryl methyl sites for hydroxylation is 1. The number of carbonyl (C=O) groups is 2.